The normalized spacial score (nSPS) is 13.5. The molecule has 1 heterocycles. The van der Waals surface area contributed by atoms with Crippen molar-refractivity contribution in [2.24, 2.45) is 0 Å². The van der Waals surface area contributed by atoms with E-state index in [4.69, 9.17) is 9.15 Å². The number of hydrogen-bond donors (Lipinski definition) is 0. The maximum absolute atomic E-state index is 11.9. The molecule has 3 nitrogen and oxygen atoms in total. The lowest BCUT2D eigenvalue weighted by atomic mass is 10.1. The average molecular weight is 256 g/mol. The van der Waals surface area contributed by atoms with Gasteiger partial charge in [0.15, 0.2) is 0 Å². The van der Waals surface area contributed by atoms with Crippen LogP contribution in [0.3, 0.4) is 0 Å². The summed E-state index contributed by atoms with van der Waals surface area (Å²) in [6.07, 6.45) is 2.83. The SMILES string of the molecule is C=C(C)COc1ccc2c3c(c(=O)oc2c1)CCC3. The van der Waals surface area contributed by atoms with E-state index in [-0.39, 0.29) is 5.63 Å². The number of ether oxygens (including phenoxy) is 1. The van der Waals surface area contributed by atoms with Gasteiger partial charge in [-0.1, -0.05) is 6.58 Å². The van der Waals surface area contributed by atoms with Crippen molar-refractivity contribution in [2.75, 3.05) is 6.61 Å². The van der Waals surface area contributed by atoms with Gasteiger partial charge in [-0.15, -0.1) is 0 Å². The fraction of sp³-hybridized carbons (Fsp3) is 0.312. The van der Waals surface area contributed by atoms with Crippen LogP contribution in [0.5, 0.6) is 5.75 Å². The lowest BCUT2D eigenvalue weighted by Crippen LogP contribution is -2.07. The predicted molar refractivity (Wildman–Crippen MR) is 74.8 cm³/mol. The van der Waals surface area contributed by atoms with Crippen LogP contribution in [0, 0.1) is 0 Å². The van der Waals surface area contributed by atoms with Gasteiger partial charge in [0, 0.05) is 17.0 Å². The zero-order chi connectivity index (χ0) is 13.4. The van der Waals surface area contributed by atoms with Crippen molar-refractivity contribution in [2.45, 2.75) is 26.2 Å². The summed E-state index contributed by atoms with van der Waals surface area (Å²) in [4.78, 5) is 11.9. The molecule has 19 heavy (non-hydrogen) atoms. The van der Waals surface area contributed by atoms with E-state index in [0.29, 0.717) is 17.9 Å². The van der Waals surface area contributed by atoms with Crippen molar-refractivity contribution in [1.29, 1.82) is 0 Å². The third-order valence-electron chi connectivity index (χ3n) is 3.43. The first kappa shape index (κ1) is 12.0. The summed E-state index contributed by atoms with van der Waals surface area (Å²) in [7, 11) is 0. The third-order valence-corrected chi connectivity index (χ3v) is 3.43. The summed E-state index contributed by atoms with van der Waals surface area (Å²) < 4.78 is 11.0. The average Bonchev–Trinajstić information content (AvgIpc) is 2.86. The summed E-state index contributed by atoms with van der Waals surface area (Å²) in [5.74, 6) is 0.705. The molecule has 0 unspecified atom stereocenters. The zero-order valence-corrected chi connectivity index (χ0v) is 11.0. The van der Waals surface area contributed by atoms with Crippen LogP contribution in [0.15, 0.2) is 39.6 Å². The molecule has 1 aliphatic carbocycles. The van der Waals surface area contributed by atoms with Crippen LogP contribution >= 0.6 is 0 Å². The second-order valence-corrected chi connectivity index (χ2v) is 5.10. The predicted octanol–water partition coefficient (Wildman–Crippen LogP) is 3.24. The smallest absolute Gasteiger partial charge is 0.339 e. The van der Waals surface area contributed by atoms with Gasteiger partial charge >= 0.3 is 5.63 Å². The highest BCUT2D eigenvalue weighted by Crippen LogP contribution is 2.29. The molecule has 1 aliphatic rings. The Morgan fingerprint density at radius 3 is 2.95 bits per heavy atom. The molecular formula is C16H16O3. The van der Waals surface area contributed by atoms with Gasteiger partial charge in [-0.2, -0.15) is 0 Å². The molecule has 0 bridgehead atoms. The maximum Gasteiger partial charge on any atom is 0.339 e. The molecule has 0 saturated heterocycles. The van der Waals surface area contributed by atoms with Crippen molar-refractivity contribution < 1.29 is 9.15 Å². The van der Waals surface area contributed by atoms with Gasteiger partial charge in [-0.25, -0.2) is 4.79 Å². The summed E-state index contributed by atoms with van der Waals surface area (Å²) in [5, 5.41) is 1.04. The van der Waals surface area contributed by atoms with Crippen LogP contribution in [0.1, 0.15) is 24.5 Å². The molecule has 0 N–H and O–H groups in total. The Labute approximate surface area is 111 Å². The molecule has 3 heteroatoms. The molecule has 2 aromatic rings. The molecule has 0 aliphatic heterocycles. The maximum atomic E-state index is 11.9. The topological polar surface area (TPSA) is 39.4 Å². The summed E-state index contributed by atoms with van der Waals surface area (Å²) in [5.41, 5.74) is 3.37. The van der Waals surface area contributed by atoms with E-state index in [9.17, 15) is 4.79 Å². The minimum atomic E-state index is -0.197. The monoisotopic (exact) mass is 256 g/mol. The highest BCUT2D eigenvalue weighted by atomic mass is 16.5. The van der Waals surface area contributed by atoms with Gasteiger partial charge in [0.05, 0.1) is 0 Å². The molecule has 1 aromatic heterocycles. The van der Waals surface area contributed by atoms with Crippen LogP contribution in [0.2, 0.25) is 0 Å². The van der Waals surface area contributed by atoms with E-state index in [1.165, 1.54) is 0 Å². The number of benzene rings is 1. The second-order valence-electron chi connectivity index (χ2n) is 5.10. The van der Waals surface area contributed by atoms with Crippen molar-refractivity contribution in [3.05, 3.63) is 51.9 Å². The van der Waals surface area contributed by atoms with E-state index in [0.717, 1.165) is 41.3 Å². The van der Waals surface area contributed by atoms with Crippen LogP contribution < -0.4 is 10.4 Å². The molecule has 0 atom stereocenters. The Morgan fingerprint density at radius 1 is 1.37 bits per heavy atom. The molecule has 1 aromatic carbocycles. The first-order valence-corrected chi connectivity index (χ1v) is 6.51. The third kappa shape index (κ3) is 2.16. The molecule has 3 rings (SSSR count). The first-order chi connectivity index (χ1) is 9.15. The van der Waals surface area contributed by atoms with Crippen molar-refractivity contribution in [3.63, 3.8) is 0 Å². The Balaban J connectivity index is 2.07. The molecule has 0 spiro atoms. The second kappa shape index (κ2) is 4.57. The van der Waals surface area contributed by atoms with E-state index >= 15 is 0 Å². The van der Waals surface area contributed by atoms with Gasteiger partial charge < -0.3 is 9.15 Å². The van der Waals surface area contributed by atoms with Crippen molar-refractivity contribution in [1.82, 2.24) is 0 Å². The highest BCUT2D eigenvalue weighted by molar-refractivity contribution is 5.83. The van der Waals surface area contributed by atoms with Crippen molar-refractivity contribution in [3.8, 4) is 5.75 Å². The van der Waals surface area contributed by atoms with Gasteiger partial charge in [-0.3, -0.25) is 0 Å². The largest absolute Gasteiger partial charge is 0.489 e. The molecule has 0 amide bonds. The van der Waals surface area contributed by atoms with E-state index in [2.05, 4.69) is 6.58 Å². The molecule has 98 valence electrons. The fourth-order valence-electron chi connectivity index (χ4n) is 2.56. The number of hydrogen-bond acceptors (Lipinski definition) is 3. The standard InChI is InChI=1S/C16H16O3/c1-10(2)9-18-11-6-7-13-12-4-3-5-14(12)16(17)19-15(13)8-11/h6-8H,1,3-5,9H2,2H3. The molecular weight excluding hydrogens is 240 g/mol. The summed E-state index contributed by atoms with van der Waals surface area (Å²) in [6, 6.07) is 5.69. The van der Waals surface area contributed by atoms with Crippen LogP contribution in [-0.4, -0.2) is 6.61 Å². The minimum Gasteiger partial charge on any atom is -0.489 e. The lowest BCUT2D eigenvalue weighted by molar-refractivity contribution is 0.352. The van der Waals surface area contributed by atoms with Crippen LogP contribution in [-0.2, 0) is 12.8 Å². The molecule has 0 fully saturated rings. The van der Waals surface area contributed by atoms with Gasteiger partial charge in [0.25, 0.3) is 0 Å². The Morgan fingerprint density at radius 2 is 2.16 bits per heavy atom. The van der Waals surface area contributed by atoms with Gasteiger partial charge in [-0.05, 0) is 49.5 Å². The van der Waals surface area contributed by atoms with Gasteiger partial charge in [0.1, 0.15) is 17.9 Å². The summed E-state index contributed by atoms with van der Waals surface area (Å²) in [6.45, 7) is 6.18. The van der Waals surface area contributed by atoms with Gasteiger partial charge in [0.2, 0.25) is 0 Å². The lowest BCUT2D eigenvalue weighted by Gasteiger charge is -2.08. The minimum absolute atomic E-state index is 0.197. The number of aryl methyl sites for hydroxylation is 1. The van der Waals surface area contributed by atoms with Crippen molar-refractivity contribution >= 4 is 11.0 Å². The highest BCUT2D eigenvalue weighted by Gasteiger charge is 2.19. The quantitative estimate of drug-likeness (QED) is 0.625. The van der Waals surface area contributed by atoms with Crippen LogP contribution in [0.4, 0.5) is 0 Å². The Bertz CT molecular complexity index is 710. The van der Waals surface area contributed by atoms with E-state index in [1.807, 2.05) is 19.1 Å². The number of rotatable bonds is 3. The number of fused-ring (bicyclic) bond motifs is 3. The Kier molecular flexibility index (Phi) is 2.90. The van der Waals surface area contributed by atoms with E-state index < -0.39 is 0 Å². The van der Waals surface area contributed by atoms with Crippen LogP contribution in [0.25, 0.3) is 11.0 Å². The zero-order valence-electron chi connectivity index (χ0n) is 11.0. The first-order valence-electron chi connectivity index (χ1n) is 6.51. The molecule has 0 saturated carbocycles. The van der Waals surface area contributed by atoms with E-state index in [1.54, 1.807) is 6.07 Å². The molecule has 0 radical (unpaired) electrons. The fourth-order valence-corrected chi connectivity index (χ4v) is 2.56. The Hall–Kier alpha value is -2.03. The summed E-state index contributed by atoms with van der Waals surface area (Å²) >= 11 is 0.